The van der Waals surface area contributed by atoms with E-state index < -0.39 is 12.3 Å². The van der Waals surface area contributed by atoms with Crippen molar-refractivity contribution in [2.24, 2.45) is 0 Å². The quantitative estimate of drug-likeness (QED) is 0.159. The third kappa shape index (κ3) is 6.49. The molecule has 0 radical (unpaired) electrons. The third-order valence-corrected chi connectivity index (χ3v) is 14.1. The van der Waals surface area contributed by atoms with E-state index in [1.165, 1.54) is 0 Å². The number of rotatable bonds is 7. The van der Waals surface area contributed by atoms with Crippen LogP contribution in [-0.4, -0.2) is 0 Å². The van der Waals surface area contributed by atoms with Crippen molar-refractivity contribution in [1.29, 1.82) is 0 Å². The molecule has 2 nitrogen and oxygen atoms in total. The monoisotopic (exact) mass is 897 g/mol. The van der Waals surface area contributed by atoms with Crippen LogP contribution in [0.15, 0.2) is 261 Å². The van der Waals surface area contributed by atoms with Crippen molar-refractivity contribution >= 4 is 0 Å². The minimum absolute atomic E-state index is 0.210. The van der Waals surface area contributed by atoms with Crippen LogP contribution < -0.4 is 9.47 Å². The molecule has 2 heterocycles. The molecule has 0 N–H and O–H groups in total. The third-order valence-electron chi connectivity index (χ3n) is 14.1. The molecule has 0 atom stereocenters. The van der Waals surface area contributed by atoms with Gasteiger partial charge in [-0.1, -0.05) is 243 Å². The van der Waals surface area contributed by atoms with Crippen LogP contribution >= 0.6 is 0 Å². The first-order valence-corrected chi connectivity index (χ1v) is 23.8. The van der Waals surface area contributed by atoms with Gasteiger partial charge in [0.15, 0.2) is 0 Å². The van der Waals surface area contributed by atoms with Crippen LogP contribution in [0.3, 0.4) is 0 Å². The van der Waals surface area contributed by atoms with E-state index in [1.807, 2.05) is 60.7 Å². The van der Waals surface area contributed by atoms with Gasteiger partial charge in [-0.15, -0.1) is 0 Å². The van der Waals surface area contributed by atoms with Gasteiger partial charge in [0, 0.05) is 31.9 Å². The van der Waals surface area contributed by atoms with Gasteiger partial charge < -0.3 is 9.47 Å². The van der Waals surface area contributed by atoms with Crippen molar-refractivity contribution in [1.82, 2.24) is 0 Å². The van der Waals surface area contributed by atoms with Gasteiger partial charge in [0.2, 0.25) is 0 Å². The van der Waals surface area contributed by atoms with Crippen LogP contribution in [0.5, 0.6) is 23.0 Å². The lowest BCUT2D eigenvalue weighted by Crippen LogP contribution is -2.37. The van der Waals surface area contributed by atoms with E-state index in [4.69, 9.17) is 13.6 Å². The number of ether oxygens (including phenoxy) is 2. The maximum Gasteiger partial charge on any atom is 0.140 e. The fraction of sp³-hybridized carbons (Fsp3) is 0.0294. The minimum atomic E-state index is -2.48. The highest BCUT2D eigenvalue weighted by atomic mass is 16.5. The second-order valence-corrected chi connectivity index (χ2v) is 18.0. The van der Waals surface area contributed by atoms with Gasteiger partial charge >= 0.3 is 0 Å². The molecular weight excluding hydrogens is 849 g/mol. The summed E-state index contributed by atoms with van der Waals surface area (Å²) in [4.78, 5) is 0. The Kier molecular flexibility index (Phi) is 9.22. The summed E-state index contributed by atoms with van der Waals surface area (Å²) in [6, 6.07) is 90.4. The van der Waals surface area contributed by atoms with Crippen LogP contribution in [0.25, 0.3) is 77.9 Å². The second-order valence-electron chi connectivity index (χ2n) is 18.0. The molecule has 0 amide bonds. The van der Waals surface area contributed by atoms with Gasteiger partial charge in [-0.2, -0.15) is 0 Å². The molecule has 0 bridgehead atoms. The number of hydrogen-bond donors (Lipinski definition) is 0. The molecule has 0 fully saturated rings. The Morgan fingerprint density at radius 3 is 0.886 bits per heavy atom. The zero-order valence-electron chi connectivity index (χ0n) is 41.1. The summed E-state index contributed by atoms with van der Waals surface area (Å²) in [5.41, 5.74) is 17.3. The predicted molar refractivity (Wildman–Crippen MR) is 288 cm³/mol. The molecule has 2 heteroatoms. The summed E-state index contributed by atoms with van der Waals surface area (Å²) in [6.07, 6.45) is 0. The number of para-hydroxylation sites is 3. The van der Waals surface area contributed by atoms with Crippen molar-refractivity contribution < 1.29 is 13.6 Å². The van der Waals surface area contributed by atoms with Crippen molar-refractivity contribution in [3.8, 4) is 101 Å². The molecule has 70 heavy (non-hydrogen) atoms. The van der Waals surface area contributed by atoms with E-state index in [-0.39, 0.29) is 5.56 Å². The van der Waals surface area contributed by atoms with Crippen molar-refractivity contribution in [2.45, 2.75) is 12.3 Å². The molecule has 0 aromatic heterocycles. The lowest BCUT2D eigenvalue weighted by Gasteiger charge is -2.45. The molecule has 13 rings (SSSR count). The Labute approximate surface area is 413 Å². The first kappa shape index (κ1) is 38.0. The molecule has 1 spiro atoms. The average molecular weight is 898 g/mol. The Morgan fingerprint density at radius 1 is 0.257 bits per heavy atom. The highest BCUT2D eigenvalue weighted by Gasteiger charge is 2.51. The van der Waals surface area contributed by atoms with E-state index in [0.717, 1.165) is 106 Å². The molecule has 2 aliphatic heterocycles. The van der Waals surface area contributed by atoms with Gasteiger partial charge in [-0.05, 0) is 103 Å². The number of hydrogen-bond acceptors (Lipinski definition) is 2. The highest BCUT2D eigenvalue weighted by molar-refractivity contribution is 6.15. The van der Waals surface area contributed by atoms with E-state index in [9.17, 15) is 0 Å². The SMILES string of the molecule is [2H]C([2H])([2H])c1ccc2c(c1-c1ccc(-c3c(-c4ccccc4)c(-c4ccccc4)c(-c4ccccc4)c(-c4ccccc4)c3-c3ccccc3)cc1)Oc1ccccc1C21c2ccccc2Oc2ccccc21. The van der Waals surface area contributed by atoms with E-state index >= 15 is 0 Å². The molecule has 0 saturated carbocycles. The molecule has 0 aliphatic carbocycles. The Hall–Kier alpha value is -8.98. The Morgan fingerprint density at radius 2 is 0.543 bits per heavy atom. The first-order valence-electron chi connectivity index (χ1n) is 25.3. The van der Waals surface area contributed by atoms with Gasteiger partial charge in [-0.3, -0.25) is 0 Å². The number of aryl methyl sites for hydroxylation is 1. The topological polar surface area (TPSA) is 18.5 Å². The summed E-state index contributed by atoms with van der Waals surface area (Å²) in [7, 11) is 0. The molecule has 2 aliphatic rings. The van der Waals surface area contributed by atoms with Crippen LogP contribution in [0.2, 0.25) is 0 Å². The Bertz CT molecular complexity index is 3690. The Balaban J connectivity index is 1.13. The largest absolute Gasteiger partial charge is 0.457 e. The molecule has 0 saturated heterocycles. The zero-order valence-corrected chi connectivity index (χ0v) is 38.1. The van der Waals surface area contributed by atoms with Crippen molar-refractivity contribution in [3.05, 3.63) is 289 Å². The molecule has 330 valence electrons. The summed E-state index contributed by atoms with van der Waals surface area (Å²) in [6.45, 7) is -2.48. The first-order chi connectivity index (χ1) is 35.9. The maximum absolute atomic E-state index is 9.08. The minimum Gasteiger partial charge on any atom is -0.457 e. The fourth-order valence-corrected chi connectivity index (χ4v) is 11.3. The highest BCUT2D eigenvalue weighted by Crippen LogP contribution is 2.63. The summed E-state index contributed by atoms with van der Waals surface area (Å²) in [5.74, 6) is 2.64. The molecule has 11 aromatic carbocycles. The maximum atomic E-state index is 9.08. The average Bonchev–Trinajstić information content (AvgIpc) is 3.45. The second kappa shape index (κ2) is 17.0. The van der Waals surface area contributed by atoms with Crippen molar-refractivity contribution in [2.75, 3.05) is 0 Å². The van der Waals surface area contributed by atoms with Gasteiger partial charge in [0.1, 0.15) is 23.0 Å². The standard InChI is InChI=1S/C68H46O2/c1-45-39-44-56-67(70-59-38-22-19-35-55(59)68(56)53-33-17-20-36-57(53)69-58-37-21-18-34-54(58)68)60(45)51-40-42-52(43-41-51)66-64(49-29-13-5-14-30-49)62(47-25-9-3-10-26-47)61(46-23-7-2-8-24-46)63(48-27-11-4-12-28-48)65(66)50-31-15-6-16-32-50/h2-44H,1H3/i1D3. The van der Waals surface area contributed by atoms with Crippen LogP contribution in [0.4, 0.5) is 0 Å². The molecular formula is C68H46O2. The number of fused-ring (bicyclic) bond motifs is 8. The smallest absolute Gasteiger partial charge is 0.140 e. The van der Waals surface area contributed by atoms with Crippen LogP contribution in [0, 0.1) is 6.85 Å². The van der Waals surface area contributed by atoms with Crippen LogP contribution in [0.1, 0.15) is 31.9 Å². The lowest BCUT2D eigenvalue weighted by molar-refractivity contribution is 0.400. The zero-order chi connectivity index (χ0) is 49.1. The van der Waals surface area contributed by atoms with E-state index in [2.05, 4.69) is 194 Å². The lowest BCUT2D eigenvalue weighted by atomic mass is 9.62. The van der Waals surface area contributed by atoms with Gasteiger partial charge in [0.25, 0.3) is 0 Å². The normalized spacial score (nSPS) is 13.5. The summed E-state index contributed by atoms with van der Waals surface area (Å²) < 4.78 is 41.0. The number of benzene rings is 11. The predicted octanol–water partition coefficient (Wildman–Crippen LogP) is 18.3. The van der Waals surface area contributed by atoms with Gasteiger partial charge in [0.05, 0.1) is 5.41 Å². The molecule has 11 aromatic rings. The summed E-state index contributed by atoms with van der Waals surface area (Å²) >= 11 is 0. The van der Waals surface area contributed by atoms with Crippen molar-refractivity contribution in [3.63, 3.8) is 0 Å². The summed E-state index contributed by atoms with van der Waals surface area (Å²) in [5, 5.41) is 0. The van der Waals surface area contributed by atoms with E-state index in [0.29, 0.717) is 17.1 Å². The fourth-order valence-electron chi connectivity index (χ4n) is 11.3. The molecule has 0 unspecified atom stereocenters. The van der Waals surface area contributed by atoms with E-state index in [1.54, 1.807) is 6.07 Å². The van der Waals surface area contributed by atoms with Gasteiger partial charge in [-0.25, -0.2) is 0 Å². The van der Waals surface area contributed by atoms with Crippen LogP contribution in [-0.2, 0) is 5.41 Å².